The van der Waals surface area contributed by atoms with Crippen molar-refractivity contribution in [2.75, 3.05) is 30.3 Å². The molecule has 9 heteroatoms. The number of hydrogen-bond acceptors (Lipinski definition) is 5. The molecule has 3 rings (SSSR count). The number of fused-ring (bicyclic) bond motifs is 1. The normalized spacial score (nSPS) is 23.1. The van der Waals surface area contributed by atoms with Crippen LogP contribution in [-0.2, 0) is 26.0 Å². The molecule has 1 aromatic rings. The van der Waals surface area contributed by atoms with Gasteiger partial charge in [0.25, 0.3) is 5.91 Å². The van der Waals surface area contributed by atoms with E-state index in [1.807, 2.05) is 0 Å². The van der Waals surface area contributed by atoms with Gasteiger partial charge < -0.3 is 15.2 Å². The Bertz CT molecular complexity index is 798. The lowest BCUT2D eigenvalue weighted by Gasteiger charge is -2.24. The fourth-order valence-corrected chi connectivity index (χ4v) is 3.99. The third-order valence-corrected chi connectivity index (χ3v) is 5.56. The zero-order chi connectivity index (χ0) is 17.5. The minimum Gasteiger partial charge on any atom is -0.479 e. The van der Waals surface area contributed by atoms with E-state index in [1.54, 1.807) is 12.1 Å². The van der Waals surface area contributed by atoms with Gasteiger partial charge in [-0.15, -0.1) is 0 Å². The van der Waals surface area contributed by atoms with Crippen LogP contribution >= 0.6 is 0 Å². The Balaban J connectivity index is 1.84. The molecule has 1 saturated heterocycles. The number of carboxylic acid groups (broad SMARTS) is 1. The highest BCUT2D eigenvalue weighted by Gasteiger charge is 2.44. The monoisotopic (exact) mass is 354 g/mol. The van der Waals surface area contributed by atoms with Crippen molar-refractivity contribution in [1.82, 2.24) is 5.32 Å². The maximum absolute atomic E-state index is 12.4. The summed E-state index contributed by atoms with van der Waals surface area (Å²) in [5.74, 6) is -1.64. The number of anilines is 1. The molecule has 0 aliphatic carbocycles. The molecular formula is C15H18N2O6S. The Hall–Kier alpha value is -2.13. The zero-order valence-corrected chi connectivity index (χ0v) is 13.9. The summed E-state index contributed by atoms with van der Waals surface area (Å²) in [5.41, 5.74) is 0.206. The molecule has 2 aliphatic heterocycles. The molecule has 24 heavy (non-hydrogen) atoms. The van der Waals surface area contributed by atoms with Crippen molar-refractivity contribution in [2.24, 2.45) is 0 Å². The van der Waals surface area contributed by atoms with Gasteiger partial charge in [0.2, 0.25) is 10.0 Å². The van der Waals surface area contributed by atoms with E-state index < -0.39 is 27.4 Å². The highest BCUT2D eigenvalue weighted by Crippen LogP contribution is 2.31. The standard InChI is InChI=1S/C15H18N2O6S/c1-24(21,22)17-6-4-10-8-11(2-3-12(10)17)13(18)16-15(14(19)20)5-7-23-9-15/h2-3,8H,4-7,9H2,1H3,(H,16,18)(H,19,20). The second-order valence-electron chi connectivity index (χ2n) is 6.07. The van der Waals surface area contributed by atoms with Crippen LogP contribution in [0.5, 0.6) is 0 Å². The number of amides is 1. The van der Waals surface area contributed by atoms with Gasteiger partial charge in [0.1, 0.15) is 0 Å². The lowest BCUT2D eigenvalue weighted by atomic mass is 9.98. The number of carbonyl (C=O) groups is 2. The molecule has 8 nitrogen and oxygen atoms in total. The Morgan fingerprint density at radius 3 is 2.71 bits per heavy atom. The smallest absolute Gasteiger partial charge is 0.331 e. The van der Waals surface area contributed by atoms with E-state index in [9.17, 15) is 23.1 Å². The van der Waals surface area contributed by atoms with Crippen molar-refractivity contribution < 1.29 is 27.9 Å². The van der Waals surface area contributed by atoms with Crippen LogP contribution in [0.4, 0.5) is 5.69 Å². The quantitative estimate of drug-likeness (QED) is 0.786. The van der Waals surface area contributed by atoms with Crippen molar-refractivity contribution in [3.05, 3.63) is 29.3 Å². The van der Waals surface area contributed by atoms with Gasteiger partial charge >= 0.3 is 5.97 Å². The average molecular weight is 354 g/mol. The Labute approximate surface area is 139 Å². The molecular weight excluding hydrogens is 336 g/mol. The largest absolute Gasteiger partial charge is 0.479 e. The zero-order valence-electron chi connectivity index (χ0n) is 13.1. The summed E-state index contributed by atoms with van der Waals surface area (Å²) in [6, 6.07) is 4.70. The molecule has 1 fully saturated rings. The second-order valence-corrected chi connectivity index (χ2v) is 7.98. The van der Waals surface area contributed by atoms with Crippen molar-refractivity contribution in [3.63, 3.8) is 0 Å². The minimum atomic E-state index is -3.35. The van der Waals surface area contributed by atoms with Crippen LogP contribution in [0.15, 0.2) is 18.2 Å². The molecule has 2 heterocycles. The van der Waals surface area contributed by atoms with E-state index in [2.05, 4.69) is 5.32 Å². The molecule has 1 atom stereocenters. The van der Waals surface area contributed by atoms with Crippen LogP contribution in [0.3, 0.4) is 0 Å². The van der Waals surface area contributed by atoms with Gasteiger partial charge in [-0.25, -0.2) is 13.2 Å². The fourth-order valence-electron chi connectivity index (χ4n) is 3.03. The highest BCUT2D eigenvalue weighted by atomic mass is 32.2. The maximum Gasteiger partial charge on any atom is 0.331 e. The molecule has 1 unspecified atom stereocenters. The number of ether oxygens (including phenoxy) is 1. The lowest BCUT2D eigenvalue weighted by Crippen LogP contribution is -2.55. The van der Waals surface area contributed by atoms with Crippen LogP contribution in [0.25, 0.3) is 0 Å². The van der Waals surface area contributed by atoms with Crippen molar-refractivity contribution in [3.8, 4) is 0 Å². The SMILES string of the molecule is CS(=O)(=O)N1CCc2cc(C(=O)NC3(C(=O)O)CCOC3)ccc21. The topological polar surface area (TPSA) is 113 Å². The number of rotatable bonds is 4. The van der Waals surface area contributed by atoms with Gasteiger partial charge in [-0.05, 0) is 30.2 Å². The Morgan fingerprint density at radius 2 is 2.12 bits per heavy atom. The van der Waals surface area contributed by atoms with Gasteiger partial charge in [-0.1, -0.05) is 0 Å². The molecule has 2 aliphatic rings. The number of aliphatic carboxylic acids is 1. The summed E-state index contributed by atoms with van der Waals surface area (Å²) < 4.78 is 29.9. The number of hydrogen-bond donors (Lipinski definition) is 2. The predicted molar refractivity (Wildman–Crippen MR) is 85.6 cm³/mol. The average Bonchev–Trinajstić information content (AvgIpc) is 3.12. The van der Waals surface area contributed by atoms with E-state index in [-0.39, 0.29) is 19.6 Å². The first kappa shape index (κ1) is 16.7. The number of benzene rings is 1. The number of nitrogens with zero attached hydrogens (tertiary/aromatic N) is 1. The van der Waals surface area contributed by atoms with Crippen LogP contribution in [-0.4, -0.2) is 57.0 Å². The van der Waals surface area contributed by atoms with Crippen LogP contribution in [0, 0.1) is 0 Å². The number of nitrogens with one attached hydrogen (secondary N) is 1. The summed E-state index contributed by atoms with van der Waals surface area (Å²) in [7, 11) is -3.35. The summed E-state index contributed by atoms with van der Waals surface area (Å²) in [6.07, 6.45) is 1.86. The van der Waals surface area contributed by atoms with E-state index in [4.69, 9.17) is 4.74 Å². The fraction of sp³-hybridized carbons (Fsp3) is 0.467. The second kappa shape index (κ2) is 5.75. The van der Waals surface area contributed by atoms with Gasteiger partial charge in [-0.3, -0.25) is 9.10 Å². The van der Waals surface area contributed by atoms with E-state index in [1.165, 1.54) is 10.4 Å². The number of sulfonamides is 1. The Morgan fingerprint density at radius 1 is 1.38 bits per heavy atom. The van der Waals surface area contributed by atoms with Gasteiger partial charge in [0, 0.05) is 25.1 Å². The summed E-state index contributed by atoms with van der Waals surface area (Å²) in [6.45, 7) is 0.549. The van der Waals surface area contributed by atoms with E-state index >= 15 is 0 Å². The predicted octanol–water partition coefficient (Wildman–Crippen LogP) is -0.0178. The van der Waals surface area contributed by atoms with Gasteiger partial charge in [-0.2, -0.15) is 0 Å². The first-order chi connectivity index (χ1) is 11.2. The summed E-state index contributed by atoms with van der Waals surface area (Å²) >= 11 is 0. The number of carboxylic acids is 1. The first-order valence-electron chi connectivity index (χ1n) is 7.47. The van der Waals surface area contributed by atoms with E-state index in [0.29, 0.717) is 24.2 Å². The van der Waals surface area contributed by atoms with Crippen LogP contribution in [0.2, 0.25) is 0 Å². The van der Waals surface area contributed by atoms with Gasteiger partial charge in [0.05, 0.1) is 18.6 Å². The van der Waals surface area contributed by atoms with Crippen molar-refractivity contribution in [1.29, 1.82) is 0 Å². The lowest BCUT2D eigenvalue weighted by molar-refractivity contribution is -0.144. The van der Waals surface area contributed by atoms with Crippen LogP contribution in [0.1, 0.15) is 22.3 Å². The molecule has 0 bridgehead atoms. The minimum absolute atomic E-state index is 0.0686. The molecule has 0 saturated carbocycles. The molecule has 1 amide bonds. The first-order valence-corrected chi connectivity index (χ1v) is 9.32. The summed E-state index contributed by atoms with van der Waals surface area (Å²) in [4.78, 5) is 23.9. The van der Waals surface area contributed by atoms with Crippen molar-refractivity contribution >= 4 is 27.6 Å². The van der Waals surface area contributed by atoms with Gasteiger partial charge in [0.15, 0.2) is 5.54 Å². The Kier molecular flexibility index (Phi) is 4.00. The molecule has 0 aromatic heterocycles. The molecule has 1 aromatic carbocycles. The summed E-state index contributed by atoms with van der Waals surface area (Å²) in [5, 5.41) is 11.9. The highest BCUT2D eigenvalue weighted by molar-refractivity contribution is 7.92. The molecule has 0 spiro atoms. The maximum atomic E-state index is 12.4. The third kappa shape index (κ3) is 2.84. The molecule has 0 radical (unpaired) electrons. The molecule has 2 N–H and O–H groups in total. The number of carbonyl (C=O) groups excluding carboxylic acids is 1. The van der Waals surface area contributed by atoms with E-state index in [0.717, 1.165) is 11.8 Å². The van der Waals surface area contributed by atoms with Crippen molar-refractivity contribution in [2.45, 2.75) is 18.4 Å². The third-order valence-electron chi connectivity index (χ3n) is 4.38. The molecule has 130 valence electrons. The van der Waals surface area contributed by atoms with Crippen LogP contribution < -0.4 is 9.62 Å².